The summed E-state index contributed by atoms with van der Waals surface area (Å²) in [4.78, 5) is 0. The zero-order valence-electron chi connectivity index (χ0n) is 12.2. The van der Waals surface area contributed by atoms with Gasteiger partial charge in [-0.1, -0.05) is 18.5 Å². The molecule has 0 saturated carbocycles. The van der Waals surface area contributed by atoms with Crippen molar-refractivity contribution in [1.82, 2.24) is 15.1 Å². The predicted molar refractivity (Wildman–Crippen MR) is 76.8 cm³/mol. The second kappa shape index (κ2) is 8.53. The lowest BCUT2D eigenvalue weighted by Gasteiger charge is -2.16. The highest BCUT2D eigenvalue weighted by Crippen LogP contribution is 2.22. The third-order valence-corrected chi connectivity index (χ3v) is 3.54. The molecule has 110 valence electrons. The zero-order valence-corrected chi connectivity index (χ0v) is 13.0. The van der Waals surface area contributed by atoms with Crippen LogP contribution >= 0.6 is 11.6 Å². The molecule has 1 N–H and O–H groups in total. The van der Waals surface area contributed by atoms with Crippen LogP contribution in [0.2, 0.25) is 5.02 Å². The van der Waals surface area contributed by atoms with Gasteiger partial charge in [-0.2, -0.15) is 5.10 Å². The Morgan fingerprint density at radius 1 is 1.42 bits per heavy atom. The van der Waals surface area contributed by atoms with Gasteiger partial charge < -0.3 is 14.8 Å². The Hall–Kier alpha value is -0.620. The lowest BCUT2D eigenvalue weighted by Crippen LogP contribution is -2.33. The van der Waals surface area contributed by atoms with Crippen LogP contribution in [-0.2, 0) is 29.4 Å². The monoisotopic (exact) mass is 289 g/mol. The van der Waals surface area contributed by atoms with E-state index >= 15 is 0 Å². The summed E-state index contributed by atoms with van der Waals surface area (Å²) in [6, 6.07) is 0.217. The van der Waals surface area contributed by atoms with Crippen LogP contribution in [0, 0.1) is 0 Å². The first-order chi connectivity index (χ1) is 9.13. The van der Waals surface area contributed by atoms with Crippen molar-refractivity contribution in [1.29, 1.82) is 0 Å². The van der Waals surface area contributed by atoms with Crippen LogP contribution < -0.4 is 5.32 Å². The topological polar surface area (TPSA) is 48.3 Å². The van der Waals surface area contributed by atoms with E-state index < -0.39 is 0 Å². The highest BCUT2D eigenvalue weighted by Gasteiger charge is 2.17. The van der Waals surface area contributed by atoms with Gasteiger partial charge >= 0.3 is 0 Å². The summed E-state index contributed by atoms with van der Waals surface area (Å²) in [5.41, 5.74) is 2.00. The van der Waals surface area contributed by atoms with Gasteiger partial charge in [-0.25, -0.2) is 0 Å². The number of hydrogen-bond acceptors (Lipinski definition) is 4. The van der Waals surface area contributed by atoms with Crippen LogP contribution in [-0.4, -0.2) is 49.8 Å². The number of nitrogens with one attached hydrogen (secondary N) is 1. The maximum absolute atomic E-state index is 6.34. The molecule has 1 unspecified atom stereocenters. The summed E-state index contributed by atoms with van der Waals surface area (Å²) in [5, 5.41) is 8.45. The lowest BCUT2D eigenvalue weighted by atomic mass is 10.1. The molecule has 0 radical (unpaired) electrons. The number of likely N-dealkylation sites (N-methyl/N-ethyl adjacent to an activating group) is 1. The van der Waals surface area contributed by atoms with Crippen LogP contribution in [0.15, 0.2) is 0 Å². The summed E-state index contributed by atoms with van der Waals surface area (Å²) in [5.74, 6) is 0. The second-order valence-corrected chi connectivity index (χ2v) is 4.82. The smallest absolute Gasteiger partial charge is 0.0850 e. The van der Waals surface area contributed by atoms with Crippen LogP contribution in [0.25, 0.3) is 0 Å². The van der Waals surface area contributed by atoms with Crippen LogP contribution in [0.3, 0.4) is 0 Å². The van der Waals surface area contributed by atoms with E-state index in [4.69, 9.17) is 21.1 Å². The normalized spacial score (nSPS) is 12.9. The molecular formula is C13H24ClN3O2. The quantitative estimate of drug-likeness (QED) is 0.699. The Labute approximate surface area is 120 Å². The molecular weight excluding hydrogens is 266 g/mol. The minimum Gasteiger partial charge on any atom is -0.382 e. The summed E-state index contributed by atoms with van der Waals surface area (Å²) < 4.78 is 12.4. The lowest BCUT2D eigenvalue weighted by molar-refractivity contribution is 0.0595. The van der Waals surface area contributed by atoms with Gasteiger partial charge in [-0.05, 0) is 13.5 Å². The molecule has 19 heavy (non-hydrogen) atoms. The maximum atomic E-state index is 6.34. The summed E-state index contributed by atoms with van der Waals surface area (Å²) >= 11 is 6.34. The Bertz CT molecular complexity index is 382. The van der Waals surface area contributed by atoms with Gasteiger partial charge in [-0.3, -0.25) is 4.68 Å². The standard InChI is InChI=1S/C13H24ClN3O2/c1-5-11-13(14)12(17(3)16-11)8-10(15-2)9-19-7-6-18-4/h10,15H,5-9H2,1-4H3. The number of halogens is 1. The van der Waals surface area contributed by atoms with E-state index in [0.717, 1.165) is 29.3 Å². The highest BCUT2D eigenvalue weighted by atomic mass is 35.5. The summed E-state index contributed by atoms with van der Waals surface area (Å²) in [6.45, 7) is 3.90. The van der Waals surface area contributed by atoms with Crippen molar-refractivity contribution in [2.24, 2.45) is 7.05 Å². The average Bonchev–Trinajstić information content (AvgIpc) is 2.69. The van der Waals surface area contributed by atoms with Crippen molar-refractivity contribution < 1.29 is 9.47 Å². The second-order valence-electron chi connectivity index (χ2n) is 4.44. The molecule has 1 atom stereocenters. The highest BCUT2D eigenvalue weighted by molar-refractivity contribution is 6.31. The minimum absolute atomic E-state index is 0.217. The van der Waals surface area contributed by atoms with E-state index in [1.807, 2.05) is 18.8 Å². The molecule has 0 aliphatic rings. The van der Waals surface area contributed by atoms with Gasteiger partial charge in [0.1, 0.15) is 0 Å². The van der Waals surface area contributed by atoms with E-state index in [2.05, 4.69) is 17.3 Å². The van der Waals surface area contributed by atoms with Crippen molar-refractivity contribution in [3.05, 3.63) is 16.4 Å². The third kappa shape index (κ3) is 4.76. The van der Waals surface area contributed by atoms with Crippen molar-refractivity contribution in [2.75, 3.05) is 34.0 Å². The third-order valence-electron chi connectivity index (χ3n) is 3.10. The van der Waals surface area contributed by atoms with Crippen LogP contribution in [0.1, 0.15) is 18.3 Å². The van der Waals surface area contributed by atoms with Crippen LogP contribution in [0.4, 0.5) is 0 Å². The SMILES string of the molecule is CCc1nn(C)c(CC(COCCOC)NC)c1Cl. The molecule has 0 aliphatic heterocycles. The molecule has 1 heterocycles. The largest absolute Gasteiger partial charge is 0.382 e. The maximum Gasteiger partial charge on any atom is 0.0850 e. The van der Waals surface area contributed by atoms with Crippen LogP contribution in [0.5, 0.6) is 0 Å². The van der Waals surface area contributed by atoms with E-state index in [1.54, 1.807) is 7.11 Å². The van der Waals surface area contributed by atoms with E-state index in [0.29, 0.717) is 19.8 Å². The minimum atomic E-state index is 0.217. The fraction of sp³-hybridized carbons (Fsp3) is 0.769. The molecule has 0 spiro atoms. The van der Waals surface area contributed by atoms with Gasteiger partial charge in [0.25, 0.3) is 0 Å². The molecule has 1 aromatic heterocycles. The molecule has 0 saturated heterocycles. The first kappa shape index (κ1) is 16.4. The molecule has 1 rings (SSSR count). The van der Waals surface area contributed by atoms with E-state index in [-0.39, 0.29) is 6.04 Å². The summed E-state index contributed by atoms with van der Waals surface area (Å²) in [6.07, 6.45) is 1.65. The fourth-order valence-corrected chi connectivity index (χ4v) is 2.26. The number of ether oxygens (including phenoxy) is 2. The number of nitrogens with zero attached hydrogens (tertiary/aromatic N) is 2. The van der Waals surface area contributed by atoms with Gasteiger partial charge in [-0.15, -0.1) is 0 Å². The fourth-order valence-electron chi connectivity index (χ4n) is 1.89. The number of methoxy groups -OCH3 is 1. The molecule has 1 aromatic rings. The molecule has 0 amide bonds. The molecule has 0 fully saturated rings. The van der Waals surface area contributed by atoms with Crippen molar-refractivity contribution >= 4 is 11.6 Å². The molecule has 5 nitrogen and oxygen atoms in total. The number of aromatic nitrogens is 2. The predicted octanol–water partition coefficient (Wildman–Crippen LogP) is 1.43. The zero-order chi connectivity index (χ0) is 14.3. The van der Waals surface area contributed by atoms with Crippen molar-refractivity contribution in [3.8, 4) is 0 Å². The Morgan fingerprint density at radius 3 is 2.68 bits per heavy atom. The van der Waals surface area contributed by atoms with Gasteiger partial charge in [0.05, 0.1) is 36.2 Å². The van der Waals surface area contributed by atoms with Crippen molar-refractivity contribution in [3.63, 3.8) is 0 Å². The first-order valence-electron chi connectivity index (χ1n) is 6.58. The first-order valence-corrected chi connectivity index (χ1v) is 6.96. The van der Waals surface area contributed by atoms with Gasteiger partial charge in [0, 0.05) is 26.6 Å². The number of hydrogen-bond donors (Lipinski definition) is 1. The van der Waals surface area contributed by atoms with E-state index in [1.165, 1.54) is 0 Å². The molecule has 0 bridgehead atoms. The molecule has 0 aromatic carbocycles. The van der Waals surface area contributed by atoms with E-state index in [9.17, 15) is 0 Å². The Balaban J connectivity index is 2.57. The van der Waals surface area contributed by atoms with Crippen molar-refractivity contribution in [2.45, 2.75) is 25.8 Å². The molecule has 0 aliphatic carbocycles. The average molecular weight is 290 g/mol. The Morgan fingerprint density at radius 2 is 2.16 bits per heavy atom. The molecule has 6 heteroatoms. The Kier molecular flexibility index (Phi) is 7.38. The summed E-state index contributed by atoms with van der Waals surface area (Å²) in [7, 11) is 5.52. The number of rotatable bonds is 9. The van der Waals surface area contributed by atoms with Gasteiger partial charge in [0.15, 0.2) is 0 Å². The number of aryl methyl sites for hydroxylation is 2. The van der Waals surface area contributed by atoms with Gasteiger partial charge in [0.2, 0.25) is 0 Å².